The molecule has 1 aliphatic heterocycles. The Labute approximate surface area is 159 Å². The van der Waals surface area contributed by atoms with Crippen molar-refractivity contribution in [2.45, 2.75) is 13.0 Å². The van der Waals surface area contributed by atoms with E-state index in [1.165, 1.54) is 32.2 Å². The largest absolute Gasteiger partial charge is 0.497 e. The van der Waals surface area contributed by atoms with Crippen LogP contribution in [0.4, 0.5) is 5.69 Å². The SMILES string of the molecule is COc1ccc(C(=O)[C@@H](C)OC(=O)c2cc3c(cc2[N+](=O)[O-])OCCO3)cc1. The number of ether oxygens (including phenoxy) is 4. The van der Waals surface area contributed by atoms with Crippen LogP contribution >= 0.6 is 0 Å². The van der Waals surface area contributed by atoms with Gasteiger partial charge in [0.1, 0.15) is 24.5 Å². The predicted octanol–water partition coefficient (Wildman–Crippen LogP) is 2.80. The number of ketones is 1. The average molecular weight is 387 g/mol. The first-order valence-corrected chi connectivity index (χ1v) is 8.38. The number of hydrogen-bond acceptors (Lipinski definition) is 8. The Balaban J connectivity index is 1.81. The highest BCUT2D eigenvalue weighted by atomic mass is 16.6. The summed E-state index contributed by atoms with van der Waals surface area (Å²) >= 11 is 0. The van der Waals surface area contributed by atoms with Crippen LogP contribution in [0.15, 0.2) is 36.4 Å². The molecule has 0 bridgehead atoms. The van der Waals surface area contributed by atoms with Crippen LogP contribution in [0, 0.1) is 10.1 Å². The number of esters is 1. The third-order valence-electron chi connectivity index (χ3n) is 4.10. The molecule has 0 amide bonds. The van der Waals surface area contributed by atoms with E-state index in [0.29, 0.717) is 11.3 Å². The van der Waals surface area contributed by atoms with Gasteiger partial charge in [0.25, 0.3) is 5.69 Å². The molecule has 1 heterocycles. The van der Waals surface area contributed by atoms with E-state index < -0.39 is 28.5 Å². The molecule has 0 fully saturated rings. The second-order valence-corrected chi connectivity index (χ2v) is 5.91. The Bertz CT molecular complexity index is 922. The number of nitro benzene ring substituents is 1. The van der Waals surface area contributed by atoms with Gasteiger partial charge in [0.15, 0.2) is 17.6 Å². The van der Waals surface area contributed by atoms with Gasteiger partial charge >= 0.3 is 5.97 Å². The van der Waals surface area contributed by atoms with Gasteiger partial charge in [-0.2, -0.15) is 0 Å². The van der Waals surface area contributed by atoms with E-state index >= 15 is 0 Å². The fourth-order valence-electron chi connectivity index (χ4n) is 2.66. The van der Waals surface area contributed by atoms with Crippen LogP contribution in [0.5, 0.6) is 17.2 Å². The molecular formula is C19H17NO8. The van der Waals surface area contributed by atoms with Crippen molar-refractivity contribution in [3.63, 3.8) is 0 Å². The summed E-state index contributed by atoms with van der Waals surface area (Å²) in [6.07, 6.45) is -1.14. The highest BCUT2D eigenvalue weighted by Gasteiger charge is 2.29. The van der Waals surface area contributed by atoms with Crippen LogP contribution in [-0.4, -0.2) is 43.1 Å². The smallest absolute Gasteiger partial charge is 0.346 e. The Morgan fingerprint density at radius 3 is 2.29 bits per heavy atom. The summed E-state index contributed by atoms with van der Waals surface area (Å²) < 4.78 is 20.9. The minimum absolute atomic E-state index is 0.178. The Morgan fingerprint density at radius 2 is 1.71 bits per heavy atom. The molecule has 0 N–H and O–H groups in total. The summed E-state index contributed by atoms with van der Waals surface area (Å²) in [5.41, 5.74) is -0.486. The van der Waals surface area contributed by atoms with Gasteiger partial charge in [-0.05, 0) is 31.2 Å². The number of carbonyl (C=O) groups is 2. The van der Waals surface area contributed by atoms with Gasteiger partial charge in [-0.3, -0.25) is 14.9 Å². The summed E-state index contributed by atoms with van der Waals surface area (Å²) in [6, 6.07) is 8.59. The first kappa shape index (κ1) is 19.2. The molecular weight excluding hydrogens is 370 g/mol. The number of rotatable bonds is 6. The number of carbonyl (C=O) groups excluding carboxylic acids is 2. The molecule has 0 unspecified atom stereocenters. The number of nitro groups is 1. The van der Waals surface area contributed by atoms with E-state index in [1.54, 1.807) is 12.1 Å². The van der Waals surface area contributed by atoms with Gasteiger partial charge in [0, 0.05) is 11.6 Å². The van der Waals surface area contributed by atoms with E-state index in [9.17, 15) is 19.7 Å². The number of benzene rings is 2. The number of fused-ring (bicyclic) bond motifs is 1. The van der Waals surface area contributed by atoms with Gasteiger partial charge in [0.2, 0.25) is 5.78 Å². The lowest BCUT2D eigenvalue weighted by Crippen LogP contribution is -2.25. The van der Waals surface area contributed by atoms with Crippen molar-refractivity contribution < 1.29 is 33.5 Å². The van der Waals surface area contributed by atoms with Gasteiger partial charge in [-0.1, -0.05) is 0 Å². The minimum Gasteiger partial charge on any atom is -0.497 e. The molecule has 2 aromatic carbocycles. The molecule has 0 aliphatic carbocycles. The molecule has 0 aromatic heterocycles. The zero-order valence-corrected chi connectivity index (χ0v) is 15.2. The van der Waals surface area contributed by atoms with Crippen molar-refractivity contribution in [3.05, 3.63) is 57.6 Å². The fourth-order valence-corrected chi connectivity index (χ4v) is 2.66. The number of Topliss-reactive ketones (excluding diaryl/α,β-unsaturated/α-hetero) is 1. The zero-order valence-electron chi connectivity index (χ0n) is 15.2. The zero-order chi connectivity index (χ0) is 20.3. The van der Waals surface area contributed by atoms with Crippen LogP contribution < -0.4 is 14.2 Å². The molecule has 9 nitrogen and oxygen atoms in total. The highest BCUT2D eigenvalue weighted by Crippen LogP contribution is 2.37. The van der Waals surface area contributed by atoms with Crippen molar-refractivity contribution in [2.75, 3.05) is 20.3 Å². The maximum absolute atomic E-state index is 12.5. The summed E-state index contributed by atoms with van der Waals surface area (Å²) in [7, 11) is 1.50. The molecule has 0 radical (unpaired) electrons. The first-order chi connectivity index (χ1) is 13.4. The lowest BCUT2D eigenvalue weighted by Gasteiger charge is -2.19. The molecule has 3 rings (SSSR count). The third-order valence-corrected chi connectivity index (χ3v) is 4.10. The van der Waals surface area contributed by atoms with Crippen molar-refractivity contribution in [2.24, 2.45) is 0 Å². The lowest BCUT2D eigenvalue weighted by molar-refractivity contribution is -0.385. The number of methoxy groups -OCH3 is 1. The van der Waals surface area contributed by atoms with Crippen molar-refractivity contribution in [1.82, 2.24) is 0 Å². The van der Waals surface area contributed by atoms with E-state index in [-0.39, 0.29) is 30.3 Å². The van der Waals surface area contributed by atoms with Crippen molar-refractivity contribution >= 4 is 17.4 Å². The fraction of sp³-hybridized carbons (Fsp3) is 0.263. The topological polar surface area (TPSA) is 114 Å². The summed E-state index contributed by atoms with van der Waals surface area (Å²) in [6.45, 7) is 1.90. The molecule has 146 valence electrons. The minimum atomic E-state index is -1.14. The Hall–Kier alpha value is -3.62. The quantitative estimate of drug-likeness (QED) is 0.322. The average Bonchev–Trinajstić information content (AvgIpc) is 2.72. The molecule has 0 spiro atoms. The second-order valence-electron chi connectivity index (χ2n) is 5.91. The molecule has 0 saturated carbocycles. The number of hydrogen-bond donors (Lipinski definition) is 0. The monoisotopic (exact) mass is 387 g/mol. The molecule has 2 aromatic rings. The van der Waals surface area contributed by atoms with Gasteiger partial charge in [-0.25, -0.2) is 4.79 Å². The van der Waals surface area contributed by atoms with E-state index in [1.807, 2.05) is 0 Å². The maximum Gasteiger partial charge on any atom is 0.346 e. The molecule has 1 atom stereocenters. The van der Waals surface area contributed by atoms with Gasteiger partial charge in [0.05, 0.1) is 18.1 Å². The van der Waals surface area contributed by atoms with Crippen LogP contribution in [-0.2, 0) is 4.74 Å². The second kappa shape index (κ2) is 7.95. The normalized spacial score (nSPS) is 13.4. The van der Waals surface area contributed by atoms with E-state index in [0.717, 1.165) is 6.07 Å². The van der Waals surface area contributed by atoms with E-state index in [2.05, 4.69) is 0 Å². The third kappa shape index (κ3) is 3.88. The maximum atomic E-state index is 12.5. The van der Waals surface area contributed by atoms with Crippen LogP contribution in [0.3, 0.4) is 0 Å². The Kier molecular flexibility index (Phi) is 5.44. The molecule has 1 aliphatic rings. The van der Waals surface area contributed by atoms with Crippen LogP contribution in [0.25, 0.3) is 0 Å². The van der Waals surface area contributed by atoms with Crippen molar-refractivity contribution in [1.29, 1.82) is 0 Å². The Morgan fingerprint density at radius 1 is 1.11 bits per heavy atom. The molecule has 9 heteroatoms. The summed E-state index contributed by atoms with van der Waals surface area (Å²) in [5, 5.41) is 11.3. The standard InChI is InChI=1S/C19H17NO8/c1-11(18(21)12-3-5-13(25-2)6-4-12)28-19(22)14-9-16-17(27-8-7-26-16)10-15(14)20(23)24/h3-6,9-11H,7-8H2,1-2H3/t11-/m1/s1. The van der Waals surface area contributed by atoms with E-state index in [4.69, 9.17) is 18.9 Å². The lowest BCUT2D eigenvalue weighted by atomic mass is 10.1. The summed E-state index contributed by atoms with van der Waals surface area (Å²) in [5.74, 6) is -0.489. The van der Waals surface area contributed by atoms with Crippen LogP contribution in [0.2, 0.25) is 0 Å². The predicted molar refractivity (Wildman–Crippen MR) is 96.3 cm³/mol. The van der Waals surface area contributed by atoms with Gasteiger partial charge in [-0.15, -0.1) is 0 Å². The summed E-state index contributed by atoms with van der Waals surface area (Å²) in [4.78, 5) is 35.6. The molecule has 0 saturated heterocycles. The molecule has 28 heavy (non-hydrogen) atoms. The number of nitrogens with zero attached hydrogens (tertiary/aromatic N) is 1. The highest BCUT2D eigenvalue weighted by molar-refractivity contribution is 6.02. The van der Waals surface area contributed by atoms with Gasteiger partial charge < -0.3 is 18.9 Å². The first-order valence-electron chi connectivity index (χ1n) is 8.38. The van der Waals surface area contributed by atoms with Crippen molar-refractivity contribution in [3.8, 4) is 17.2 Å². The van der Waals surface area contributed by atoms with Crippen LogP contribution in [0.1, 0.15) is 27.6 Å².